The SMILES string of the molecule is N#Cc1cc(Br)c[nH]c1=O.N#Cc1cc(Br)cnc1NC1CCOCC1.NC1CCOCC1. The maximum Gasteiger partial charge on any atom is 0.265 e. The van der Waals surface area contributed by atoms with Crippen LogP contribution in [0.1, 0.15) is 36.8 Å². The van der Waals surface area contributed by atoms with Gasteiger partial charge in [-0.1, -0.05) is 0 Å². The minimum atomic E-state index is -0.356. The Hall–Kier alpha value is -2.28. The first-order valence-corrected chi connectivity index (χ1v) is 12.0. The third kappa shape index (κ3) is 10.0. The maximum atomic E-state index is 10.7. The number of rotatable bonds is 2. The van der Waals surface area contributed by atoms with Gasteiger partial charge in [0.05, 0.1) is 5.56 Å². The molecule has 9 nitrogen and oxygen atoms in total. The molecule has 2 fully saturated rings. The molecule has 33 heavy (non-hydrogen) atoms. The molecule has 0 atom stereocenters. The highest BCUT2D eigenvalue weighted by Crippen LogP contribution is 2.20. The number of nitrogens with zero attached hydrogens (tertiary/aromatic N) is 3. The third-order valence-corrected chi connectivity index (χ3v) is 5.68. The van der Waals surface area contributed by atoms with E-state index in [1.807, 2.05) is 0 Å². The first kappa shape index (κ1) is 27.0. The first-order chi connectivity index (χ1) is 15.9. The number of aromatic amines is 1. The smallest absolute Gasteiger partial charge is 0.265 e. The Kier molecular flexibility index (Phi) is 12.1. The van der Waals surface area contributed by atoms with Crippen molar-refractivity contribution in [2.45, 2.75) is 37.8 Å². The largest absolute Gasteiger partial charge is 0.381 e. The van der Waals surface area contributed by atoms with Crippen molar-refractivity contribution in [1.29, 1.82) is 10.5 Å². The summed E-state index contributed by atoms with van der Waals surface area (Å²) in [5.74, 6) is 0.664. The molecule has 2 aliphatic rings. The lowest BCUT2D eigenvalue weighted by Crippen LogP contribution is -2.28. The van der Waals surface area contributed by atoms with E-state index in [9.17, 15) is 4.79 Å². The number of nitrogens with two attached hydrogens (primary N) is 1. The van der Waals surface area contributed by atoms with E-state index in [-0.39, 0.29) is 11.1 Å². The lowest BCUT2D eigenvalue weighted by atomic mass is 10.1. The van der Waals surface area contributed by atoms with Crippen LogP contribution < -0.4 is 16.6 Å². The number of H-pyrrole nitrogens is 1. The molecule has 2 aromatic rings. The molecule has 0 aliphatic carbocycles. The van der Waals surface area contributed by atoms with Crippen LogP contribution in [-0.2, 0) is 9.47 Å². The number of hydrogen-bond acceptors (Lipinski definition) is 8. The third-order valence-electron chi connectivity index (χ3n) is 4.79. The van der Waals surface area contributed by atoms with E-state index in [1.54, 1.807) is 18.3 Å². The molecule has 2 aliphatic heterocycles. The van der Waals surface area contributed by atoms with Crippen LogP contribution in [0.25, 0.3) is 0 Å². The number of halogens is 2. The molecule has 4 rings (SSSR count). The number of aromatic nitrogens is 2. The van der Waals surface area contributed by atoms with Gasteiger partial charge in [-0.25, -0.2) is 4.98 Å². The van der Waals surface area contributed by atoms with Gasteiger partial charge in [0.25, 0.3) is 5.56 Å². The van der Waals surface area contributed by atoms with Crippen molar-refractivity contribution in [3.8, 4) is 12.1 Å². The quantitative estimate of drug-likeness (QED) is 0.488. The normalized spacial score (nSPS) is 16.2. The summed E-state index contributed by atoms with van der Waals surface area (Å²) in [4.78, 5) is 17.3. The second-order valence-electron chi connectivity index (χ2n) is 7.31. The molecule has 2 saturated heterocycles. The van der Waals surface area contributed by atoms with Crippen molar-refractivity contribution < 1.29 is 9.47 Å². The highest BCUT2D eigenvalue weighted by atomic mass is 79.9. The zero-order valence-electron chi connectivity index (χ0n) is 18.0. The van der Waals surface area contributed by atoms with Gasteiger partial charge >= 0.3 is 0 Å². The topological polar surface area (TPSA) is 150 Å². The fourth-order valence-corrected chi connectivity index (χ4v) is 3.61. The summed E-state index contributed by atoms with van der Waals surface area (Å²) in [7, 11) is 0. The molecule has 11 heteroatoms. The maximum absolute atomic E-state index is 10.7. The standard InChI is InChI=1S/C11H12BrN3O.C6H3BrN2O.C5H11NO/c12-9-5-8(6-13)11(14-7-9)15-10-1-3-16-4-2-10;7-5-1-4(2-8)6(10)9-3-5;6-5-1-3-7-4-2-5/h5,7,10H,1-4H2,(H,14,15);1,3H,(H,9,10);5H,1-4,6H2. The second-order valence-corrected chi connectivity index (χ2v) is 9.15. The van der Waals surface area contributed by atoms with Gasteiger partial charge in [-0.05, 0) is 69.7 Å². The first-order valence-electron chi connectivity index (χ1n) is 10.4. The Morgan fingerprint density at radius 1 is 1.00 bits per heavy atom. The van der Waals surface area contributed by atoms with Crippen molar-refractivity contribution >= 4 is 37.7 Å². The average molecular weight is 582 g/mol. The Labute approximate surface area is 209 Å². The molecule has 0 bridgehead atoms. The minimum Gasteiger partial charge on any atom is -0.381 e. The van der Waals surface area contributed by atoms with Crippen molar-refractivity contribution in [3.05, 3.63) is 55.0 Å². The van der Waals surface area contributed by atoms with E-state index < -0.39 is 0 Å². The Morgan fingerprint density at radius 2 is 1.58 bits per heavy atom. The summed E-state index contributed by atoms with van der Waals surface area (Å²) in [6.45, 7) is 3.27. The molecular weight excluding hydrogens is 556 g/mol. The van der Waals surface area contributed by atoms with Crippen LogP contribution in [0.5, 0.6) is 0 Å². The van der Waals surface area contributed by atoms with Gasteiger partial charge in [-0.15, -0.1) is 0 Å². The van der Waals surface area contributed by atoms with E-state index in [1.165, 1.54) is 12.3 Å². The van der Waals surface area contributed by atoms with Crippen LogP contribution in [0.15, 0.2) is 38.3 Å². The van der Waals surface area contributed by atoms with Crippen LogP contribution in [0.2, 0.25) is 0 Å². The molecule has 0 aromatic carbocycles. The lowest BCUT2D eigenvalue weighted by molar-refractivity contribution is 0.0866. The molecule has 4 N–H and O–H groups in total. The number of ether oxygens (including phenoxy) is 2. The summed E-state index contributed by atoms with van der Waals surface area (Å²) in [6, 6.07) is 7.91. The molecule has 4 heterocycles. The summed E-state index contributed by atoms with van der Waals surface area (Å²) < 4.78 is 11.9. The van der Waals surface area contributed by atoms with Crippen LogP contribution in [-0.4, -0.2) is 48.5 Å². The van der Waals surface area contributed by atoms with Gasteiger partial charge < -0.3 is 25.5 Å². The molecular formula is C22H26Br2N6O3. The number of hydrogen-bond donors (Lipinski definition) is 3. The summed E-state index contributed by atoms with van der Waals surface area (Å²) >= 11 is 6.42. The van der Waals surface area contributed by atoms with Crippen LogP contribution in [0, 0.1) is 22.7 Å². The van der Waals surface area contributed by atoms with Crippen molar-refractivity contribution in [2.24, 2.45) is 5.73 Å². The van der Waals surface area contributed by atoms with E-state index in [0.29, 0.717) is 27.9 Å². The van der Waals surface area contributed by atoms with E-state index in [0.717, 1.165) is 56.6 Å². The van der Waals surface area contributed by atoms with Gasteiger partial charge in [-0.2, -0.15) is 10.5 Å². The van der Waals surface area contributed by atoms with E-state index in [2.05, 4.69) is 53.2 Å². The number of nitrogens with one attached hydrogen (secondary N) is 2. The monoisotopic (exact) mass is 580 g/mol. The van der Waals surface area contributed by atoms with Crippen molar-refractivity contribution in [1.82, 2.24) is 9.97 Å². The number of anilines is 1. The summed E-state index contributed by atoms with van der Waals surface area (Å²) in [5.41, 5.74) is 5.89. The predicted molar refractivity (Wildman–Crippen MR) is 132 cm³/mol. The zero-order valence-corrected chi connectivity index (χ0v) is 21.2. The molecule has 176 valence electrons. The van der Waals surface area contributed by atoms with Gasteiger partial charge in [0, 0.05) is 59.9 Å². The highest BCUT2D eigenvalue weighted by Gasteiger charge is 2.15. The van der Waals surface area contributed by atoms with Crippen LogP contribution in [0.3, 0.4) is 0 Å². The Bertz CT molecular complexity index is 1020. The van der Waals surface area contributed by atoms with Gasteiger partial charge in [0.2, 0.25) is 0 Å². The molecule has 0 radical (unpaired) electrons. The highest BCUT2D eigenvalue weighted by molar-refractivity contribution is 9.10. The van der Waals surface area contributed by atoms with Gasteiger partial charge in [0.1, 0.15) is 23.5 Å². The second kappa shape index (κ2) is 14.8. The zero-order chi connectivity index (χ0) is 24.1. The average Bonchev–Trinajstić information content (AvgIpc) is 2.84. The fraction of sp³-hybridized carbons (Fsp3) is 0.455. The molecule has 0 spiro atoms. The van der Waals surface area contributed by atoms with Crippen LogP contribution >= 0.6 is 31.9 Å². The van der Waals surface area contributed by atoms with Gasteiger partial charge in [-0.3, -0.25) is 4.79 Å². The fourth-order valence-electron chi connectivity index (χ4n) is 2.93. The Balaban J connectivity index is 0.000000193. The van der Waals surface area contributed by atoms with Crippen LogP contribution in [0.4, 0.5) is 5.82 Å². The molecule has 0 amide bonds. The van der Waals surface area contributed by atoms with E-state index >= 15 is 0 Å². The minimum absolute atomic E-state index is 0.120. The molecule has 2 aromatic heterocycles. The van der Waals surface area contributed by atoms with Gasteiger partial charge in [0.15, 0.2) is 0 Å². The Morgan fingerprint density at radius 3 is 2.09 bits per heavy atom. The van der Waals surface area contributed by atoms with Crippen molar-refractivity contribution in [2.75, 3.05) is 31.7 Å². The molecule has 0 saturated carbocycles. The summed E-state index contributed by atoms with van der Waals surface area (Å²) in [5, 5.41) is 20.6. The number of pyridine rings is 2. The lowest BCUT2D eigenvalue weighted by Gasteiger charge is -2.23. The summed E-state index contributed by atoms with van der Waals surface area (Å²) in [6.07, 6.45) is 7.19. The molecule has 0 unspecified atom stereocenters. The number of nitriles is 2. The van der Waals surface area contributed by atoms with Crippen molar-refractivity contribution in [3.63, 3.8) is 0 Å². The van der Waals surface area contributed by atoms with E-state index in [4.69, 9.17) is 25.7 Å². The predicted octanol–water partition coefficient (Wildman–Crippen LogP) is 3.44.